The van der Waals surface area contributed by atoms with Gasteiger partial charge in [0.2, 0.25) is 0 Å². The van der Waals surface area contributed by atoms with Crippen LogP contribution in [0, 0.1) is 0 Å². The van der Waals surface area contributed by atoms with Gasteiger partial charge in [-0.25, -0.2) is 4.79 Å². The number of amides is 1. The minimum atomic E-state index is -0.796. The molecule has 1 atom stereocenters. The summed E-state index contributed by atoms with van der Waals surface area (Å²) in [6, 6.07) is 6.89. The summed E-state index contributed by atoms with van der Waals surface area (Å²) >= 11 is 5.80. The molecule has 1 aliphatic rings. The first-order valence-corrected chi connectivity index (χ1v) is 9.30. The molecule has 0 saturated heterocycles. The Kier molecular flexibility index (Phi) is 8.06. The maximum absolute atomic E-state index is 12.0. The van der Waals surface area contributed by atoms with Crippen molar-refractivity contribution in [2.24, 2.45) is 0 Å². The van der Waals surface area contributed by atoms with Gasteiger partial charge in [0.05, 0.1) is 0 Å². The molecule has 1 unspecified atom stereocenters. The topological polar surface area (TPSA) is 64.6 Å². The molecule has 0 aromatic heterocycles. The summed E-state index contributed by atoms with van der Waals surface area (Å²) < 4.78 is 10.5. The molecule has 1 aromatic rings. The van der Waals surface area contributed by atoms with Gasteiger partial charge >= 0.3 is 5.97 Å². The van der Waals surface area contributed by atoms with E-state index in [2.05, 4.69) is 5.32 Å². The van der Waals surface area contributed by atoms with Crippen LogP contribution in [-0.2, 0) is 14.3 Å². The molecule has 1 N–H and O–H groups in total. The minimum absolute atomic E-state index is 0.189. The zero-order valence-corrected chi connectivity index (χ0v) is 15.4. The van der Waals surface area contributed by atoms with Gasteiger partial charge in [-0.15, -0.1) is 0 Å². The zero-order valence-electron chi connectivity index (χ0n) is 14.6. The first kappa shape index (κ1) is 19.6. The van der Waals surface area contributed by atoms with Crippen LogP contribution in [0.15, 0.2) is 24.3 Å². The Morgan fingerprint density at radius 1 is 1.12 bits per heavy atom. The summed E-state index contributed by atoms with van der Waals surface area (Å²) in [4.78, 5) is 23.9. The molecule has 0 heterocycles. The Balaban J connectivity index is 1.70. The lowest BCUT2D eigenvalue weighted by Crippen LogP contribution is -2.39. The molecule has 2 rings (SSSR count). The fourth-order valence-electron chi connectivity index (χ4n) is 2.89. The third-order valence-electron chi connectivity index (χ3n) is 4.27. The van der Waals surface area contributed by atoms with Crippen LogP contribution < -0.4 is 10.1 Å². The van der Waals surface area contributed by atoms with E-state index in [0.29, 0.717) is 10.8 Å². The molecule has 0 radical (unpaired) electrons. The zero-order chi connectivity index (χ0) is 18.1. The van der Waals surface area contributed by atoms with Crippen LogP contribution >= 0.6 is 11.6 Å². The lowest BCUT2D eigenvalue weighted by molar-refractivity contribution is -0.154. The van der Waals surface area contributed by atoms with Crippen LogP contribution in [0.4, 0.5) is 0 Å². The maximum Gasteiger partial charge on any atom is 0.347 e. The van der Waals surface area contributed by atoms with Crippen molar-refractivity contribution in [1.82, 2.24) is 5.32 Å². The second kappa shape index (κ2) is 10.3. The SMILES string of the molecule is CC(Oc1ccc(Cl)cc1)C(=O)OCC(=O)NC1CCCCCCC1. The highest BCUT2D eigenvalue weighted by Gasteiger charge is 2.19. The number of hydrogen-bond donors (Lipinski definition) is 1. The second-order valence-electron chi connectivity index (χ2n) is 6.43. The standard InChI is InChI=1S/C19H26ClNO4/c1-14(25-17-11-9-15(20)10-12-17)19(23)24-13-18(22)21-16-7-5-3-2-4-6-8-16/h9-12,14,16H,2-8,13H2,1H3,(H,21,22). The molecule has 1 amide bonds. The average molecular weight is 368 g/mol. The molecule has 138 valence electrons. The van der Waals surface area contributed by atoms with Crippen molar-refractivity contribution < 1.29 is 19.1 Å². The third kappa shape index (κ3) is 7.34. The van der Waals surface area contributed by atoms with Crippen LogP contribution in [0.5, 0.6) is 5.75 Å². The van der Waals surface area contributed by atoms with Crippen LogP contribution in [-0.4, -0.2) is 30.6 Å². The number of ether oxygens (including phenoxy) is 2. The highest BCUT2D eigenvalue weighted by Crippen LogP contribution is 2.18. The summed E-state index contributed by atoms with van der Waals surface area (Å²) in [6.07, 6.45) is 7.19. The number of halogens is 1. The molecule has 25 heavy (non-hydrogen) atoms. The molecule has 0 spiro atoms. The average Bonchev–Trinajstić information content (AvgIpc) is 2.57. The summed E-state index contributed by atoms with van der Waals surface area (Å²) in [5, 5.41) is 3.56. The van der Waals surface area contributed by atoms with Crippen LogP contribution in [0.25, 0.3) is 0 Å². The highest BCUT2D eigenvalue weighted by molar-refractivity contribution is 6.30. The molecule has 1 aromatic carbocycles. The van der Waals surface area contributed by atoms with E-state index in [1.165, 1.54) is 19.3 Å². The maximum atomic E-state index is 12.0. The van der Waals surface area contributed by atoms with E-state index in [4.69, 9.17) is 21.1 Å². The normalized spacial score (nSPS) is 17.0. The minimum Gasteiger partial charge on any atom is -0.479 e. The van der Waals surface area contributed by atoms with Gasteiger partial charge < -0.3 is 14.8 Å². The van der Waals surface area contributed by atoms with E-state index in [0.717, 1.165) is 25.7 Å². The highest BCUT2D eigenvalue weighted by atomic mass is 35.5. The predicted octanol–water partition coefficient (Wildman–Crippen LogP) is 3.88. The number of benzene rings is 1. The lowest BCUT2D eigenvalue weighted by Gasteiger charge is -2.21. The first-order chi connectivity index (χ1) is 12.0. The molecular weight excluding hydrogens is 342 g/mol. The fourth-order valence-corrected chi connectivity index (χ4v) is 3.02. The van der Waals surface area contributed by atoms with Gasteiger partial charge in [0.25, 0.3) is 5.91 Å². The molecule has 5 nitrogen and oxygen atoms in total. The lowest BCUT2D eigenvalue weighted by atomic mass is 9.97. The Morgan fingerprint density at radius 3 is 2.36 bits per heavy atom. The van der Waals surface area contributed by atoms with Gasteiger partial charge in [-0.3, -0.25) is 4.79 Å². The van der Waals surface area contributed by atoms with Crippen LogP contribution in [0.1, 0.15) is 51.9 Å². The van der Waals surface area contributed by atoms with Crippen molar-refractivity contribution in [3.8, 4) is 5.75 Å². The number of nitrogens with one attached hydrogen (secondary N) is 1. The molecular formula is C19H26ClNO4. The van der Waals surface area contributed by atoms with Gasteiger partial charge in [0.15, 0.2) is 12.7 Å². The Labute approximate surface area is 154 Å². The van der Waals surface area contributed by atoms with E-state index in [1.807, 2.05) is 0 Å². The molecule has 6 heteroatoms. The fraction of sp³-hybridized carbons (Fsp3) is 0.579. The van der Waals surface area contributed by atoms with Gasteiger partial charge in [-0.1, -0.05) is 43.7 Å². The van der Waals surface area contributed by atoms with Crippen LogP contribution in [0.2, 0.25) is 5.02 Å². The van der Waals surface area contributed by atoms with Crippen molar-refractivity contribution in [2.75, 3.05) is 6.61 Å². The van der Waals surface area contributed by atoms with E-state index in [9.17, 15) is 9.59 Å². The molecule has 0 bridgehead atoms. The van der Waals surface area contributed by atoms with Gasteiger partial charge in [0.1, 0.15) is 5.75 Å². The summed E-state index contributed by atoms with van der Waals surface area (Å²) in [5.41, 5.74) is 0. The smallest absolute Gasteiger partial charge is 0.347 e. The van der Waals surface area contributed by atoms with E-state index >= 15 is 0 Å². The van der Waals surface area contributed by atoms with Gasteiger partial charge in [-0.05, 0) is 44.0 Å². The Morgan fingerprint density at radius 2 is 1.72 bits per heavy atom. The van der Waals surface area contributed by atoms with Crippen molar-refractivity contribution in [3.05, 3.63) is 29.3 Å². The predicted molar refractivity (Wildman–Crippen MR) is 96.8 cm³/mol. The van der Waals surface area contributed by atoms with E-state index < -0.39 is 12.1 Å². The Hall–Kier alpha value is -1.75. The second-order valence-corrected chi connectivity index (χ2v) is 6.87. The molecule has 0 aliphatic heterocycles. The van der Waals surface area contributed by atoms with Crippen molar-refractivity contribution in [2.45, 2.75) is 64.0 Å². The summed E-state index contributed by atoms with van der Waals surface area (Å²) in [5.74, 6) is -0.298. The van der Waals surface area contributed by atoms with E-state index in [1.54, 1.807) is 31.2 Å². The van der Waals surface area contributed by atoms with Crippen LogP contribution in [0.3, 0.4) is 0 Å². The van der Waals surface area contributed by atoms with Gasteiger partial charge in [-0.2, -0.15) is 0 Å². The van der Waals surface area contributed by atoms with Crippen molar-refractivity contribution >= 4 is 23.5 Å². The Bertz CT molecular complexity index is 553. The molecule has 1 fully saturated rings. The van der Waals surface area contributed by atoms with E-state index in [-0.39, 0.29) is 18.6 Å². The van der Waals surface area contributed by atoms with Gasteiger partial charge in [0, 0.05) is 11.1 Å². The number of carbonyl (C=O) groups is 2. The monoisotopic (exact) mass is 367 g/mol. The number of carbonyl (C=O) groups excluding carboxylic acids is 2. The number of hydrogen-bond acceptors (Lipinski definition) is 4. The molecule has 1 saturated carbocycles. The van der Waals surface area contributed by atoms with Crippen molar-refractivity contribution in [3.63, 3.8) is 0 Å². The summed E-state index contributed by atoms with van der Waals surface area (Å²) in [7, 11) is 0. The first-order valence-electron chi connectivity index (χ1n) is 8.93. The molecule has 1 aliphatic carbocycles. The summed E-state index contributed by atoms with van der Waals surface area (Å²) in [6.45, 7) is 1.31. The van der Waals surface area contributed by atoms with Crippen molar-refractivity contribution in [1.29, 1.82) is 0 Å². The third-order valence-corrected chi connectivity index (χ3v) is 4.53. The number of esters is 1. The largest absolute Gasteiger partial charge is 0.479 e. The number of rotatable bonds is 6. The quantitative estimate of drug-likeness (QED) is 0.775.